The third-order valence-electron chi connectivity index (χ3n) is 2.31. The van der Waals surface area contributed by atoms with E-state index in [1.165, 1.54) is 5.56 Å². The molecule has 0 atom stereocenters. The fourth-order valence-electron chi connectivity index (χ4n) is 1.46. The maximum Gasteiger partial charge on any atom is 0.118 e. The third-order valence-corrected chi connectivity index (χ3v) is 2.31. The number of methoxy groups -OCH3 is 1. The Labute approximate surface area is 91.3 Å². The smallest absolute Gasteiger partial charge is 0.118 e. The quantitative estimate of drug-likeness (QED) is 0.771. The van der Waals surface area contributed by atoms with Gasteiger partial charge in [0.2, 0.25) is 0 Å². The van der Waals surface area contributed by atoms with Gasteiger partial charge in [-0.2, -0.15) is 0 Å². The van der Waals surface area contributed by atoms with Crippen molar-refractivity contribution < 1.29 is 9.84 Å². The summed E-state index contributed by atoms with van der Waals surface area (Å²) in [5.41, 5.74) is 1.26. The highest BCUT2D eigenvalue weighted by Crippen LogP contribution is 2.12. The first-order valence-electron chi connectivity index (χ1n) is 5.18. The predicted octanol–water partition coefficient (Wildman–Crippen LogP) is 1.51. The second-order valence-corrected chi connectivity index (χ2v) is 3.66. The van der Waals surface area contributed by atoms with Crippen LogP contribution in [0.15, 0.2) is 24.3 Å². The molecule has 1 rings (SSSR count). The lowest BCUT2D eigenvalue weighted by Gasteiger charge is -2.15. The van der Waals surface area contributed by atoms with Crippen molar-refractivity contribution in [2.24, 2.45) is 0 Å². The van der Waals surface area contributed by atoms with Crippen molar-refractivity contribution in [3.8, 4) is 5.75 Å². The van der Waals surface area contributed by atoms with E-state index in [2.05, 4.69) is 24.1 Å². The van der Waals surface area contributed by atoms with Crippen LogP contribution < -0.4 is 4.74 Å². The first-order valence-corrected chi connectivity index (χ1v) is 5.18. The highest BCUT2D eigenvalue weighted by atomic mass is 16.5. The zero-order valence-electron chi connectivity index (χ0n) is 9.44. The van der Waals surface area contributed by atoms with Crippen molar-refractivity contribution in [3.05, 3.63) is 29.8 Å². The van der Waals surface area contributed by atoms with Crippen molar-refractivity contribution in [3.63, 3.8) is 0 Å². The number of benzene rings is 1. The van der Waals surface area contributed by atoms with Gasteiger partial charge in [-0.1, -0.05) is 12.1 Å². The second kappa shape index (κ2) is 6.43. The number of rotatable bonds is 6. The monoisotopic (exact) mass is 209 g/mol. The van der Waals surface area contributed by atoms with E-state index in [1.807, 2.05) is 12.1 Å². The minimum Gasteiger partial charge on any atom is -0.497 e. The molecule has 1 aromatic carbocycles. The molecule has 0 aliphatic carbocycles. The molecule has 0 bridgehead atoms. The molecular weight excluding hydrogens is 190 g/mol. The van der Waals surface area contributed by atoms with Crippen molar-refractivity contribution in [2.75, 3.05) is 27.3 Å². The lowest BCUT2D eigenvalue weighted by molar-refractivity contribution is 0.244. The minimum absolute atomic E-state index is 0.257. The number of nitrogens with zero attached hydrogens (tertiary/aromatic N) is 1. The molecular formula is C12H19NO2. The molecule has 84 valence electrons. The molecule has 3 nitrogen and oxygen atoms in total. The van der Waals surface area contributed by atoms with Crippen molar-refractivity contribution >= 4 is 0 Å². The lowest BCUT2D eigenvalue weighted by atomic mass is 10.2. The van der Waals surface area contributed by atoms with Crippen LogP contribution >= 0.6 is 0 Å². The van der Waals surface area contributed by atoms with Crippen LogP contribution in [0.25, 0.3) is 0 Å². The van der Waals surface area contributed by atoms with E-state index >= 15 is 0 Å². The summed E-state index contributed by atoms with van der Waals surface area (Å²) in [6.45, 7) is 2.08. The first kappa shape index (κ1) is 12.0. The first-order chi connectivity index (χ1) is 7.26. The van der Waals surface area contributed by atoms with Gasteiger partial charge in [-0.25, -0.2) is 0 Å². The van der Waals surface area contributed by atoms with Crippen LogP contribution in [0.2, 0.25) is 0 Å². The normalized spacial score (nSPS) is 10.7. The molecule has 0 amide bonds. The van der Waals surface area contributed by atoms with Crippen LogP contribution in [0.1, 0.15) is 12.0 Å². The van der Waals surface area contributed by atoms with Gasteiger partial charge in [-0.15, -0.1) is 0 Å². The molecule has 1 aromatic rings. The molecule has 0 unspecified atom stereocenters. The van der Waals surface area contributed by atoms with Gasteiger partial charge in [-0.05, 0) is 31.2 Å². The summed E-state index contributed by atoms with van der Waals surface area (Å²) in [7, 11) is 3.72. The molecule has 0 heterocycles. The number of hydrogen-bond acceptors (Lipinski definition) is 3. The van der Waals surface area contributed by atoms with Gasteiger partial charge in [0.25, 0.3) is 0 Å². The fourth-order valence-corrected chi connectivity index (χ4v) is 1.46. The molecule has 15 heavy (non-hydrogen) atoms. The molecule has 0 aromatic heterocycles. The topological polar surface area (TPSA) is 32.7 Å². The Balaban J connectivity index is 2.42. The zero-order chi connectivity index (χ0) is 11.1. The van der Waals surface area contributed by atoms with Crippen LogP contribution in [-0.4, -0.2) is 37.3 Å². The number of aliphatic hydroxyl groups excluding tert-OH is 1. The van der Waals surface area contributed by atoms with Gasteiger partial charge in [0.15, 0.2) is 0 Å². The fraction of sp³-hybridized carbons (Fsp3) is 0.500. The van der Waals surface area contributed by atoms with Gasteiger partial charge < -0.3 is 14.7 Å². The van der Waals surface area contributed by atoms with Crippen LogP contribution in [0.5, 0.6) is 5.75 Å². The van der Waals surface area contributed by atoms with Crippen LogP contribution in [0.4, 0.5) is 0 Å². The van der Waals surface area contributed by atoms with Crippen LogP contribution in [0.3, 0.4) is 0 Å². The molecule has 0 fully saturated rings. The number of hydrogen-bond donors (Lipinski definition) is 1. The van der Waals surface area contributed by atoms with E-state index in [0.29, 0.717) is 0 Å². The molecule has 0 aliphatic heterocycles. The van der Waals surface area contributed by atoms with Crippen molar-refractivity contribution in [1.29, 1.82) is 0 Å². The van der Waals surface area contributed by atoms with E-state index in [4.69, 9.17) is 9.84 Å². The van der Waals surface area contributed by atoms with Gasteiger partial charge >= 0.3 is 0 Å². The maximum absolute atomic E-state index is 8.71. The van der Waals surface area contributed by atoms with Gasteiger partial charge in [0, 0.05) is 19.7 Å². The Morgan fingerprint density at radius 1 is 1.27 bits per heavy atom. The Hall–Kier alpha value is -1.06. The predicted molar refractivity (Wildman–Crippen MR) is 61.0 cm³/mol. The molecule has 0 radical (unpaired) electrons. The molecule has 0 saturated carbocycles. The number of aliphatic hydroxyl groups is 1. The standard InChI is InChI=1S/C12H19NO2/c1-13(8-3-9-14)10-11-4-6-12(15-2)7-5-11/h4-7,14H,3,8-10H2,1-2H3. The molecule has 1 N–H and O–H groups in total. The Morgan fingerprint density at radius 3 is 2.47 bits per heavy atom. The van der Waals surface area contributed by atoms with Crippen molar-refractivity contribution in [2.45, 2.75) is 13.0 Å². The van der Waals surface area contributed by atoms with E-state index in [1.54, 1.807) is 7.11 Å². The molecule has 3 heteroatoms. The maximum atomic E-state index is 8.71. The summed E-state index contributed by atoms with van der Waals surface area (Å²) in [5.74, 6) is 0.886. The van der Waals surface area contributed by atoms with E-state index in [0.717, 1.165) is 25.3 Å². The van der Waals surface area contributed by atoms with E-state index < -0.39 is 0 Å². The average Bonchev–Trinajstić information content (AvgIpc) is 2.27. The van der Waals surface area contributed by atoms with Gasteiger partial charge in [0.05, 0.1) is 7.11 Å². The Bertz CT molecular complexity index is 271. The minimum atomic E-state index is 0.257. The van der Waals surface area contributed by atoms with Gasteiger partial charge in [-0.3, -0.25) is 0 Å². The highest BCUT2D eigenvalue weighted by Gasteiger charge is 1.99. The SMILES string of the molecule is COc1ccc(CN(C)CCCO)cc1. The second-order valence-electron chi connectivity index (χ2n) is 3.66. The van der Waals surface area contributed by atoms with Crippen LogP contribution in [0, 0.1) is 0 Å². The summed E-state index contributed by atoms with van der Waals surface area (Å²) in [5, 5.41) is 8.71. The van der Waals surface area contributed by atoms with E-state index in [9.17, 15) is 0 Å². The largest absolute Gasteiger partial charge is 0.497 e. The van der Waals surface area contributed by atoms with Gasteiger partial charge in [0.1, 0.15) is 5.75 Å². The summed E-state index contributed by atoms with van der Waals surface area (Å²) >= 11 is 0. The summed E-state index contributed by atoms with van der Waals surface area (Å²) < 4.78 is 5.09. The number of ether oxygens (including phenoxy) is 1. The summed E-state index contributed by atoms with van der Waals surface area (Å²) in [6.07, 6.45) is 0.826. The third kappa shape index (κ3) is 4.32. The lowest BCUT2D eigenvalue weighted by Crippen LogP contribution is -2.19. The molecule has 0 spiro atoms. The Kier molecular flexibility index (Phi) is 5.15. The average molecular weight is 209 g/mol. The molecule has 0 saturated heterocycles. The summed E-state index contributed by atoms with van der Waals surface area (Å²) in [4.78, 5) is 2.19. The summed E-state index contributed by atoms with van der Waals surface area (Å²) in [6, 6.07) is 8.06. The highest BCUT2D eigenvalue weighted by molar-refractivity contribution is 5.26. The van der Waals surface area contributed by atoms with Crippen molar-refractivity contribution in [1.82, 2.24) is 4.90 Å². The molecule has 0 aliphatic rings. The van der Waals surface area contributed by atoms with E-state index in [-0.39, 0.29) is 6.61 Å². The Morgan fingerprint density at radius 2 is 1.93 bits per heavy atom. The zero-order valence-corrected chi connectivity index (χ0v) is 9.44. The van der Waals surface area contributed by atoms with Crippen LogP contribution in [-0.2, 0) is 6.54 Å².